The van der Waals surface area contributed by atoms with Gasteiger partial charge in [0.05, 0.1) is 18.9 Å². The van der Waals surface area contributed by atoms with Crippen molar-refractivity contribution in [1.82, 2.24) is 5.32 Å². The smallest absolute Gasteiger partial charge is 0.146 e. The lowest BCUT2D eigenvalue weighted by atomic mass is 10.1. The summed E-state index contributed by atoms with van der Waals surface area (Å²) in [6, 6.07) is 5.87. The van der Waals surface area contributed by atoms with E-state index in [0.29, 0.717) is 18.9 Å². The first-order valence-corrected chi connectivity index (χ1v) is 6.44. The van der Waals surface area contributed by atoms with Crippen molar-refractivity contribution in [3.05, 3.63) is 29.6 Å². The molecule has 0 bridgehead atoms. The van der Waals surface area contributed by atoms with Crippen LogP contribution in [0.3, 0.4) is 0 Å². The molecule has 1 saturated heterocycles. The van der Waals surface area contributed by atoms with Crippen molar-refractivity contribution in [2.45, 2.75) is 25.9 Å². The SMILES string of the molecule is CNC(C)c1ccc(N2CCOCC2C)c(F)c1. The molecular weight excluding hydrogens is 231 g/mol. The summed E-state index contributed by atoms with van der Waals surface area (Å²) >= 11 is 0. The Morgan fingerprint density at radius 2 is 2.28 bits per heavy atom. The first-order chi connectivity index (χ1) is 8.63. The highest BCUT2D eigenvalue weighted by atomic mass is 19.1. The highest BCUT2D eigenvalue weighted by Gasteiger charge is 2.22. The summed E-state index contributed by atoms with van der Waals surface area (Å²) in [6.07, 6.45) is 0. The maximum Gasteiger partial charge on any atom is 0.146 e. The second-order valence-corrected chi connectivity index (χ2v) is 4.84. The van der Waals surface area contributed by atoms with E-state index in [1.165, 1.54) is 0 Å². The summed E-state index contributed by atoms with van der Waals surface area (Å²) < 4.78 is 19.6. The highest BCUT2D eigenvalue weighted by molar-refractivity contribution is 5.50. The zero-order valence-electron chi connectivity index (χ0n) is 11.2. The fourth-order valence-corrected chi connectivity index (χ4v) is 2.28. The number of nitrogens with zero attached hydrogens (tertiary/aromatic N) is 1. The fourth-order valence-electron chi connectivity index (χ4n) is 2.28. The molecule has 0 spiro atoms. The molecule has 100 valence electrons. The summed E-state index contributed by atoms with van der Waals surface area (Å²) in [6.45, 7) is 6.15. The zero-order valence-corrected chi connectivity index (χ0v) is 11.2. The van der Waals surface area contributed by atoms with Gasteiger partial charge in [-0.05, 0) is 38.6 Å². The summed E-state index contributed by atoms with van der Waals surface area (Å²) in [5, 5.41) is 3.12. The molecule has 1 aliphatic rings. The first kappa shape index (κ1) is 13.3. The van der Waals surface area contributed by atoms with E-state index in [0.717, 1.165) is 12.1 Å². The molecule has 0 radical (unpaired) electrons. The van der Waals surface area contributed by atoms with Crippen LogP contribution in [0.15, 0.2) is 18.2 Å². The van der Waals surface area contributed by atoms with Gasteiger partial charge in [-0.1, -0.05) is 6.07 Å². The molecule has 1 aromatic carbocycles. The van der Waals surface area contributed by atoms with Gasteiger partial charge in [0, 0.05) is 18.6 Å². The number of rotatable bonds is 3. The van der Waals surface area contributed by atoms with Crippen molar-refractivity contribution in [1.29, 1.82) is 0 Å². The van der Waals surface area contributed by atoms with Crippen LogP contribution < -0.4 is 10.2 Å². The minimum Gasteiger partial charge on any atom is -0.377 e. The molecule has 2 unspecified atom stereocenters. The lowest BCUT2D eigenvalue weighted by molar-refractivity contribution is 0.0986. The van der Waals surface area contributed by atoms with Crippen LogP contribution >= 0.6 is 0 Å². The van der Waals surface area contributed by atoms with Crippen LogP contribution in [-0.4, -0.2) is 32.8 Å². The Morgan fingerprint density at radius 3 is 2.89 bits per heavy atom. The number of anilines is 1. The Morgan fingerprint density at radius 1 is 1.50 bits per heavy atom. The van der Waals surface area contributed by atoms with E-state index in [9.17, 15) is 4.39 Å². The number of halogens is 1. The van der Waals surface area contributed by atoms with Crippen molar-refractivity contribution in [2.24, 2.45) is 0 Å². The highest BCUT2D eigenvalue weighted by Crippen LogP contribution is 2.26. The minimum absolute atomic E-state index is 0.150. The summed E-state index contributed by atoms with van der Waals surface area (Å²) in [7, 11) is 1.88. The molecule has 2 rings (SSSR count). The van der Waals surface area contributed by atoms with Crippen LogP contribution in [-0.2, 0) is 4.74 Å². The Hall–Kier alpha value is -1.13. The molecular formula is C14H21FN2O. The van der Waals surface area contributed by atoms with E-state index < -0.39 is 0 Å². The van der Waals surface area contributed by atoms with Crippen LogP contribution in [0, 0.1) is 5.82 Å². The maximum absolute atomic E-state index is 14.2. The summed E-state index contributed by atoms with van der Waals surface area (Å²) in [5.74, 6) is -0.150. The van der Waals surface area contributed by atoms with Crippen molar-refractivity contribution in [3.8, 4) is 0 Å². The molecule has 1 aliphatic heterocycles. The molecule has 1 aromatic rings. The van der Waals surface area contributed by atoms with E-state index in [1.807, 2.05) is 26.1 Å². The zero-order chi connectivity index (χ0) is 13.1. The molecule has 4 heteroatoms. The molecule has 3 nitrogen and oxygen atoms in total. The van der Waals surface area contributed by atoms with Gasteiger partial charge in [-0.3, -0.25) is 0 Å². The molecule has 1 fully saturated rings. The molecule has 1 N–H and O–H groups in total. The monoisotopic (exact) mass is 252 g/mol. The number of benzene rings is 1. The molecule has 0 aromatic heterocycles. The van der Waals surface area contributed by atoms with Gasteiger partial charge >= 0.3 is 0 Å². The number of ether oxygens (including phenoxy) is 1. The van der Waals surface area contributed by atoms with E-state index in [2.05, 4.69) is 17.1 Å². The lowest BCUT2D eigenvalue weighted by Gasteiger charge is -2.35. The van der Waals surface area contributed by atoms with Crippen LogP contribution in [0.1, 0.15) is 25.5 Å². The second-order valence-electron chi connectivity index (χ2n) is 4.84. The predicted octanol–water partition coefficient (Wildman–Crippen LogP) is 2.33. The van der Waals surface area contributed by atoms with Gasteiger partial charge in [-0.25, -0.2) is 4.39 Å². The molecule has 0 aliphatic carbocycles. The average Bonchev–Trinajstić information content (AvgIpc) is 2.39. The summed E-state index contributed by atoms with van der Waals surface area (Å²) in [4.78, 5) is 2.08. The standard InChI is InChI=1S/C14H21FN2O/c1-10-9-18-7-6-17(10)14-5-4-12(8-13(14)15)11(2)16-3/h4-5,8,10-11,16H,6-7,9H2,1-3H3. The van der Waals surface area contributed by atoms with Gasteiger partial charge in [0.2, 0.25) is 0 Å². The summed E-state index contributed by atoms with van der Waals surface area (Å²) in [5.41, 5.74) is 1.65. The van der Waals surface area contributed by atoms with Gasteiger partial charge in [0.15, 0.2) is 0 Å². The van der Waals surface area contributed by atoms with Gasteiger partial charge < -0.3 is 15.0 Å². The average molecular weight is 252 g/mol. The van der Waals surface area contributed by atoms with Gasteiger partial charge in [-0.15, -0.1) is 0 Å². The third-order valence-corrected chi connectivity index (χ3v) is 3.58. The van der Waals surface area contributed by atoms with Crippen LogP contribution in [0.2, 0.25) is 0 Å². The number of nitrogens with one attached hydrogen (secondary N) is 1. The third-order valence-electron chi connectivity index (χ3n) is 3.58. The van der Waals surface area contributed by atoms with Gasteiger partial charge in [0.25, 0.3) is 0 Å². The molecule has 1 heterocycles. The van der Waals surface area contributed by atoms with Crippen LogP contribution in [0.25, 0.3) is 0 Å². The Balaban J connectivity index is 2.23. The normalized spacial score (nSPS) is 22.0. The number of morpholine rings is 1. The Labute approximate surface area is 108 Å². The largest absolute Gasteiger partial charge is 0.377 e. The Bertz CT molecular complexity index is 411. The van der Waals surface area contributed by atoms with E-state index in [1.54, 1.807) is 6.07 Å². The number of hydrogen-bond donors (Lipinski definition) is 1. The molecule has 2 atom stereocenters. The minimum atomic E-state index is -0.150. The predicted molar refractivity (Wildman–Crippen MR) is 71.5 cm³/mol. The fraction of sp³-hybridized carbons (Fsp3) is 0.571. The van der Waals surface area contributed by atoms with Crippen LogP contribution in [0.5, 0.6) is 0 Å². The van der Waals surface area contributed by atoms with Crippen LogP contribution in [0.4, 0.5) is 10.1 Å². The van der Waals surface area contributed by atoms with Crippen molar-refractivity contribution < 1.29 is 9.13 Å². The third kappa shape index (κ3) is 2.65. The maximum atomic E-state index is 14.2. The first-order valence-electron chi connectivity index (χ1n) is 6.44. The van der Waals surface area contributed by atoms with Crippen molar-refractivity contribution >= 4 is 5.69 Å². The van der Waals surface area contributed by atoms with Crippen molar-refractivity contribution in [3.63, 3.8) is 0 Å². The van der Waals surface area contributed by atoms with E-state index >= 15 is 0 Å². The number of hydrogen-bond acceptors (Lipinski definition) is 3. The topological polar surface area (TPSA) is 24.5 Å². The molecule has 18 heavy (non-hydrogen) atoms. The van der Waals surface area contributed by atoms with E-state index in [-0.39, 0.29) is 17.9 Å². The van der Waals surface area contributed by atoms with Gasteiger partial charge in [0.1, 0.15) is 5.82 Å². The Kier molecular flexibility index (Phi) is 4.19. The molecule has 0 amide bonds. The lowest BCUT2D eigenvalue weighted by Crippen LogP contribution is -2.44. The molecule has 0 saturated carbocycles. The van der Waals surface area contributed by atoms with E-state index in [4.69, 9.17) is 4.74 Å². The van der Waals surface area contributed by atoms with Gasteiger partial charge in [-0.2, -0.15) is 0 Å². The second kappa shape index (κ2) is 5.67. The van der Waals surface area contributed by atoms with Crippen molar-refractivity contribution in [2.75, 3.05) is 31.7 Å². The quantitative estimate of drug-likeness (QED) is 0.893.